The predicted octanol–water partition coefficient (Wildman–Crippen LogP) is 4.75. The van der Waals surface area contributed by atoms with Crippen molar-refractivity contribution >= 4 is 27.2 Å². The second kappa shape index (κ2) is 5.17. The number of aromatic nitrogens is 1. The number of anilines is 1. The highest BCUT2D eigenvalue weighted by atomic mass is 32.1. The molecule has 0 aliphatic heterocycles. The summed E-state index contributed by atoms with van der Waals surface area (Å²) in [6, 6.07) is 11.6. The monoisotopic (exact) mass is 290 g/mol. The van der Waals surface area contributed by atoms with Crippen molar-refractivity contribution in [2.45, 2.75) is 13.0 Å². The number of benzene rings is 2. The SMILES string of the molecule is CC(Nc1ccc(F)c(F)c1)c1nc2ccccc2s1. The molecule has 0 aliphatic rings. The first kappa shape index (κ1) is 13.0. The van der Waals surface area contributed by atoms with E-state index in [9.17, 15) is 8.78 Å². The summed E-state index contributed by atoms with van der Waals surface area (Å²) in [5.74, 6) is -1.70. The van der Waals surface area contributed by atoms with Crippen LogP contribution in [0.2, 0.25) is 0 Å². The van der Waals surface area contributed by atoms with E-state index in [0.717, 1.165) is 27.4 Å². The standard InChI is InChI=1S/C15H12F2N2S/c1-9(18-10-6-7-11(16)12(17)8-10)15-19-13-4-2-3-5-14(13)20-15/h2-9,18H,1H3. The lowest BCUT2D eigenvalue weighted by Gasteiger charge is -2.12. The summed E-state index contributed by atoms with van der Waals surface area (Å²) < 4.78 is 27.2. The Balaban J connectivity index is 1.84. The number of thiazole rings is 1. The van der Waals surface area contributed by atoms with Gasteiger partial charge in [-0.15, -0.1) is 11.3 Å². The lowest BCUT2D eigenvalue weighted by Crippen LogP contribution is -2.06. The van der Waals surface area contributed by atoms with E-state index in [1.54, 1.807) is 11.3 Å². The van der Waals surface area contributed by atoms with Gasteiger partial charge in [-0.05, 0) is 31.2 Å². The van der Waals surface area contributed by atoms with Crippen LogP contribution in [-0.2, 0) is 0 Å². The van der Waals surface area contributed by atoms with Crippen molar-refractivity contribution in [2.75, 3.05) is 5.32 Å². The Morgan fingerprint density at radius 3 is 2.65 bits per heavy atom. The third kappa shape index (κ3) is 2.49. The summed E-state index contributed by atoms with van der Waals surface area (Å²) in [6.07, 6.45) is 0. The van der Waals surface area contributed by atoms with Gasteiger partial charge in [0.1, 0.15) is 5.01 Å². The molecule has 0 aliphatic carbocycles. The molecule has 0 saturated heterocycles. The summed E-state index contributed by atoms with van der Waals surface area (Å²) >= 11 is 1.59. The van der Waals surface area contributed by atoms with Gasteiger partial charge in [0, 0.05) is 11.8 Å². The van der Waals surface area contributed by atoms with Gasteiger partial charge >= 0.3 is 0 Å². The van der Waals surface area contributed by atoms with Gasteiger partial charge in [0.15, 0.2) is 11.6 Å². The molecule has 1 heterocycles. The fraction of sp³-hybridized carbons (Fsp3) is 0.133. The highest BCUT2D eigenvalue weighted by Gasteiger charge is 2.12. The molecule has 3 rings (SSSR count). The van der Waals surface area contributed by atoms with Gasteiger partial charge in [-0.1, -0.05) is 12.1 Å². The first-order valence-electron chi connectivity index (χ1n) is 6.20. The van der Waals surface area contributed by atoms with Crippen molar-refractivity contribution in [3.8, 4) is 0 Å². The van der Waals surface area contributed by atoms with E-state index in [0.29, 0.717) is 5.69 Å². The number of rotatable bonds is 3. The number of nitrogens with one attached hydrogen (secondary N) is 1. The Kier molecular flexibility index (Phi) is 3.36. The summed E-state index contributed by atoms with van der Waals surface area (Å²) in [6.45, 7) is 1.94. The summed E-state index contributed by atoms with van der Waals surface area (Å²) in [4.78, 5) is 4.54. The minimum atomic E-state index is -0.855. The average molecular weight is 290 g/mol. The van der Waals surface area contributed by atoms with Gasteiger partial charge in [-0.3, -0.25) is 0 Å². The first-order valence-corrected chi connectivity index (χ1v) is 7.02. The van der Waals surface area contributed by atoms with E-state index in [2.05, 4.69) is 10.3 Å². The molecule has 2 nitrogen and oxygen atoms in total. The van der Waals surface area contributed by atoms with Gasteiger partial charge in [0.25, 0.3) is 0 Å². The van der Waals surface area contributed by atoms with Crippen molar-refractivity contribution in [2.24, 2.45) is 0 Å². The van der Waals surface area contributed by atoms with Crippen LogP contribution in [0.25, 0.3) is 10.2 Å². The second-order valence-electron chi connectivity index (χ2n) is 4.51. The van der Waals surface area contributed by atoms with E-state index in [1.165, 1.54) is 6.07 Å². The molecule has 1 N–H and O–H groups in total. The molecule has 1 aromatic heterocycles. The van der Waals surface area contributed by atoms with E-state index in [1.807, 2.05) is 31.2 Å². The Bertz CT molecular complexity index is 721. The quantitative estimate of drug-likeness (QED) is 0.753. The molecule has 5 heteroatoms. The molecule has 1 unspecified atom stereocenters. The molecule has 102 valence electrons. The molecule has 0 amide bonds. The van der Waals surface area contributed by atoms with E-state index >= 15 is 0 Å². The van der Waals surface area contributed by atoms with Crippen LogP contribution in [0.3, 0.4) is 0 Å². The van der Waals surface area contributed by atoms with E-state index in [-0.39, 0.29) is 6.04 Å². The van der Waals surface area contributed by atoms with Crippen LogP contribution < -0.4 is 5.32 Å². The normalized spacial score (nSPS) is 12.6. The third-order valence-electron chi connectivity index (χ3n) is 2.98. The molecule has 0 saturated carbocycles. The van der Waals surface area contributed by atoms with Crippen LogP contribution in [0, 0.1) is 11.6 Å². The Labute approximate surface area is 119 Å². The van der Waals surface area contributed by atoms with Gasteiger partial charge in [-0.25, -0.2) is 13.8 Å². The zero-order valence-corrected chi connectivity index (χ0v) is 11.5. The zero-order chi connectivity index (χ0) is 14.1. The lowest BCUT2D eigenvalue weighted by atomic mass is 10.2. The summed E-state index contributed by atoms with van der Waals surface area (Å²) in [7, 11) is 0. The maximum Gasteiger partial charge on any atom is 0.160 e. The van der Waals surface area contributed by atoms with Crippen molar-refractivity contribution in [1.29, 1.82) is 0 Å². The second-order valence-corrected chi connectivity index (χ2v) is 5.58. The van der Waals surface area contributed by atoms with Crippen LogP contribution in [0.4, 0.5) is 14.5 Å². The number of hydrogen-bond donors (Lipinski definition) is 1. The van der Waals surface area contributed by atoms with Crippen LogP contribution in [0.15, 0.2) is 42.5 Å². The molecular weight excluding hydrogens is 278 g/mol. The van der Waals surface area contributed by atoms with Crippen molar-refractivity contribution in [3.63, 3.8) is 0 Å². The molecule has 0 radical (unpaired) electrons. The molecule has 1 atom stereocenters. The Hall–Kier alpha value is -2.01. The average Bonchev–Trinajstić information content (AvgIpc) is 2.87. The van der Waals surface area contributed by atoms with Crippen molar-refractivity contribution < 1.29 is 8.78 Å². The third-order valence-corrected chi connectivity index (χ3v) is 4.20. The number of para-hydroxylation sites is 1. The lowest BCUT2D eigenvalue weighted by molar-refractivity contribution is 0.509. The molecule has 3 aromatic rings. The number of hydrogen-bond acceptors (Lipinski definition) is 3. The van der Waals surface area contributed by atoms with Gasteiger partial charge in [-0.2, -0.15) is 0 Å². The molecule has 0 bridgehead atoms. The van der Waals surface area contributed by atoms with Crippen LogP contribution >= 0.6 is 11.3 Å². The van der Waals surface area contributed by atoms with E-state index < -0.39 is 11.6 Å². The number of halogens is 2. The fourth-order valence-electron chi connectivity index (χ4n) is 1.97. The van der Waals surface area contributed by atoms with Gasteiger partial charge in [0.2, 0.25) is 0 Å². The number of nitrogens with zero attached hydrogens (tertiary/aromatic N) is 1. The van der Waals surface area contributed by atoms with Gasteiger partial charge < -0.3 is 5.32 Å². The predicted molar refractivity (Wildman–Crippen MR) is 78.0 cm³/mol. The molecular formula is C15H12F2N2S. The Morgan fingerprint density at radius 1 is 1.10 bits per heavy atom. The largest absolute Gasteiger partial charge is 0.376 e. The minimum absolute atomic E-state index is 0.0720. The molecule has 20 heavy (non-hydrogen) atoms. The maximum absolute atomic E-state index is 13.2. The van der Waals surface area contributed by atoms with Crippen LogP contribution in [-0.4, -0.2) is 4.98 Å². The first-order chi connectivity index (χ1) is 9.63. The maximum atomic E-state index is 13.2. The Morgan fingerprint density at radius 2 is 1.90 bits per heavy atom. The van der Waals surface area contributed by atoms with Crippen molar-refractivity contribution in [3.05, 3.63) is 59.1 Å². The fourth-order valence-corrected chi connectivity index (χ4v) is 2.94. The topological polar surface area (TPSA) is 24.9 Å². The van der Waals surface area contributed by atoms with E-state index in [4.69, 9.17) is 0 Å². The molecule has 0 fully saturated rings. The van der Waals surface area contributed by atoms with Crippen molar-refractivity contribution in [1.82, 2.24) is 4.98 Å². The van der Waals surface area contributed by atoms with Crippen LogP contribution in [0.5, 0.6) is 0 Å². The summed E-state index contributed by atoms with van der Waals surface area (Å²) in [5.41, 5.74) is 1.49. The summed E-state index contributed by atoms with van der Waals surface area (Å²) in [5, 5.41) is 4.04. The highest BCUT2D eigenvalue weighted by Crippen LogP contribution is 2.28. The molecule has 0 spiro atoms. The highest BCUT2D eigenvalue weighted by molar-refractivity contribution is 7.18. The van der Waals surface area contributed by atoms with Gasteiger partial charge in [0.05, 0.1) is 16.3 Å². The molecule has 2 aromatic carbocycles. The van der Waals surface area contributed by atoms with Crippen LogP contribution in [0.1, 0.15) is 18.0 Å². The minimum Gasteiger partial charge on any atom is -0.376 e. The zero-order valence-electron chi connectivity index (χ0n) is 10.7. The smallest absolute Gasteiger partial charge is 0.160 e. The number of fused-ring (bicyclic) bond motifs is 1.